The Hall–Kier alpha value is -0.970. The van der Waals surface area contributed by atoms with E-state index in [1.807, 2.05) is 0 Å². The first-order valence-corrected chi connectivity index (χ1v) is 10.4. The molecule has 0 saturated heterocycles. The molecule has 0 saturated carbocycles. The Morgan fingerprint density at radius 2 is 1.84 bits per heavy atom. The number of rotatable bonds is 3. The van der Waals surface area contributed by atoms with Crippen LogP contribution in [0.5, 0.6) is 5.75 Å². The molecule has 142 valence electrons. The molecular formula is C15H20F3NO4S2. The van der Waals surface area contributed by atoms with Gasteiger partial charge in [0.25, 0.3) is 0 Å². The van der Waals surface area contributed by atoms with Crippen molar-refractivity contribution in [3.8, 4) is 5.75 Å². The molecular weight excluding hydrogens is 379 g/mol. The first-order chi connectivity index (χ1) is 11.1. The molecule has 1 aliphatic rings. The number of nitrogens with zero attached hydrogens (tertiary/aromatic N) is 1. The van der Waals surface area contributed by atoms with Crippen LogP contribution < -0.4 is 4.74 Å². The maximum absolute atomic E-state index is 13.3. The van der Waals surface area contributed by atoms with Gasteiger partial charge in [-0.2, -0.15) is 13.2 Å². The second-order valence-corrected chi connectivity index (χ2v) is 11.2. The lowest BCUT2D eigenvalue weighted by molar-refractivity contribution is -0.139. The summed E-state index contributed by atoms with van der Waals surface area (Å²) in [5, 5.41) is 0. The quantitative estimate of drug-likeness (QED) is 0.731. The summed E-state index contributed by atoms with van der Waals surface area (Å²) in [7, 11) is -2.55. The van der Waals surface area contributed by atoms with E-state index in [2.05, 4.69) is 0 Å². The molecule has 0 fully saturated rings. The van der Waals surface area contributed by atoms with Crippen molar-refractivity contribution < 1.29 is 30.9 Å². The summed E-state index contributed by atoms with van der Waals surface area (Å²) < 4.78 is 82.3. The van der Waals surface area contributed by atoms with Gasteiger partial charge in [0.05, 0.1) is 10.5 Å². The molecule has 1 heterocycles. The zero-order valence-corrected chi connectivity index (χ0v) is 16.1. The highest BCUT2D eigenvalue weighted by Gasteiger charge is 2.43. The second-order valence-electron chi connectivity index (χ2n) is 6.89. The molecule has 1 aliphatic heterocycles. The van der Waals surface area contributed by atoms with Crippen LogP contribution in [0.4, 0.5) is 13.2 Å². The predicted octanol–water partition coefficient (Wildman–Crippen LogP) is 2.94. The minimum atomic E-state index is -4.83. The number of fused-ring (bicyclic) bond motifs is 1. The van der Waals surface area contributed by atoms with E-state index in [0.717, 1.165) is 18.4 Å². The van der Waals surface area contributed by atoms with Gasteiger partial charge in [-0.15, -0.1) is 4.31 Å². The minimum Gasteiger partial charge on any atom is -0.597 e. The van der Waals surface area contributed by atoms with E-state index in [-0.39, 0.29) is 17.9 Å². The molecule has 5 nitrogen and oxygen atoms in total. The molecule has 0 N–H and O–H groups in total. The topological polar surface area (TPSA) is 69.7 Å². The molecule has 0 bridgehead atoms. The van der Waals surface area contributed by atoms with Crippen LogP contribution in [0.2, 0.25) is 0 Å². The highest BCUT2D eigenvalue weighted by molar-refractivity contribution is 7.91. The Morgan fingerprint density at radius 1 is 1.28 bits per heavy atom. The van der Waals surface area contributed by atoms with E-state index >= 15 is 0 Å². The molecule has 0 aromatic heterocycles. The SMILES string of the molecule is CN(C1COc2cc(S(C)(=O)=O)c(C(F)(F)F)cc21)[S+]([O-])C(C)(C)C. The number of sulfone groups is 1. The van der Waals surface area contributed by atoms with E-state index in [1.165, 1.54) is 4.31 Å². The smallest absolute Gasteiger partial charge is 0.417 e. The number of halogens is 3. The van der Waals surface area contributed by atoms with Crippen molar-refractivity contribution in [1.82, 2.24) is 4.31 Å². The lowest BCUT2D eigenvalue weighted by Gasteiger charge is -2.33. The van der Waals surface area contributed by atoms with Gasteiger partial charge in [0.1, 0.15) is 23.1 Å². The summed E-state index contributed by atoms with van der Waals surface area (Å²) in [6.07, 6.45) is -4.11. The predicted molar refractivity (Wildman–Crippen MR) is 88.4 cm³/mol. The molecule has 25 heavy (non-hydrogen) atoms. The lowest BCUT2D eigenvalue weighted by Crippen LogP contribution is -2.43. The van der Waals surface area contributed by atoms with Crippen LogP contribution in [-0.2, 0) is 27.4 Å². The number of likely N-dealkylation sites (N-methyl/N-ethyl adjacent to an activating group) is 1. The Kier molecular flexibility index (Phi) is 5.15. The van der Waals surface area contributed by atoms with Crippen LogP contribution in [0.1, 0.15) is 37.9 Å². The number of hydrogen-bond donors (Lipinski definition) is 0. The third-order valence-electron chi connectivity index (χ3n) is 3.80. The molecule has 0 aliphatic carbocycles. The van der Waals surface area contributed by atoms with Crippen molar-refractivity contribution in [2.45, 2.75) is 42.6 Å². The third kappa shape index (κ3) is 4.07. The van der Waals surface area contributed by atoms with Gasteiger partial charge < -0.3 is 9.29 Å². The Bertz CT molecular complexity index is 772. The van der Waals surface area contributed by atoms with Crippen molar-refractivity contribution >= 4 is 21.2 Å². The van der Waals surface area contributed by atoms with Crippen molar-refractivity contribution in [3.63, 3.8) is 0 Å². The first-order valence-electron chi connectivity index (χ1n) is 7.37. The molecule has 0 amide bonds. The van der Waals surface area contributed by atoms with Gasteiger partial charge in [0.15, 0.2) is 9.84 Å². The largest absolute Gasteiger partial charge is 0.597 e. The minimum absolute atomic E-state index is 0.00182. The van der Waals surface area contributed by atoms with Gasteiger partial charge in [0, 0.05) is 30.2 Å². The zero-order chi connectivity index (χ0) is 19.4. The number of benzene rings is 1. The Labute approximate surface area is 148 Å². The number of ether oxygens (including phenoxy) is 1. The second kappa shape index (κ2) is 6.33. The van der Waals surface area contributed by atoms with Gasteiger partial charge >= 0.3 is 6.18 Å². The summed E-state index contributed by atoms with van der Waals surface area (Å²) in [5.41, 5.74) is -1.06. The molecule has 2 rings (SSSR count). The van der Waals surface area contributed by atoms with E-state index in [9.17, 15) is 26.1 Å². The monoisotopic (exact) mass is 399 g/mol. The van der Waals surface area contributed by atoms with Crippen LogP contribution in [0.25, 0.3) is 0 Å². The van der Waals surface area contributed by atoms with Gasteiger partial charge in [-0.25, -0.2) is 8.42 Å². The Balaban J connectivity index is 2.57. The van der Waals surface area contributed by atoms with Gasteiger partial charge in [-0.3, -0.25) is 0 Å². The summed E-state index contributed by atoms with van der Waals surface area (Å²) in [6.45, 7) is 5.26. The van der Waals surface area contributed by atoms with Crippen molar-refractivity contribution in [3.05, 3.63) is 23.3 Å². The van der Waals surface area contributed by atoms with Crippen molar-refractivity contribution in [1.29, 1.82) is 0 Å². The molecule has 2 unspecified atom stereocenters. The summed E-state index contributed by atoms with van der Waals surface area (Å²) >= 11 is -1.48. The van der Waals surface area contributed by atoms with Crippen LogP contribution in [0.3, 0.4) is 0 Å². The highest BCUT2D eigenvalue weighted by atomic mass is 32.2. The maximum atomic E-state index is 13.3. The third-order valence-corrected chi connectivity index (χ3v) is 6.76. The fraction of sp³-hybridized carbons (Fsp3) is 0.600. The Morgan fingerprint density at radius 3 is 2.28 bits per heavy atom. The molecule has 1 aromatic rings. The lowest BCUT2D eigenvalue weighted by atomic mass is 10.0. The van der Waals surface area contributed by atoms with E-state index < -0.39 is 48.6 Å². The summed E-state index contributed by atoms with van der Waals surface area (Å²) in [4.78, 5) is -0.820. The molecule has 1 aromatic carbocycles. The van der Waals surface area contributed by atoms with Gasteiger partial charge in [-0.05, 0) is 32.9 Å². The zero-order valence-electron chi connectivity index (χ0n) is 14.5. The number of hydrogen-bond acceptors (Lipinski definition) is 5. The van der Waals surface area contributed by atoms with E-state index in [1.54, 1.807) is 27.8 Å². The van der Waals surface area contributed by atoms with Crippen LogP contribution in [-0.4, -0.2) is 41.9 Å². The fourth-order valence-electron chi connectivity index (χ4n) is 2.60. The van der Waals surface area contributed by atoms with E-state index in [0.29, 0.717) is 0 Å². The molecule has 0 radical (unpaired) electrons. The maximum Gasteiger partial charge on any atom is 0.417 e. The van der Waals surface area contributed by atoms with Crippen LogP contribution in [0.15, 0.2) is 17.0 Å². The van der Waals surface area contributed by atoms with Crippen LogP contribution in [0, 0.1) is 0 Å². The summed E-state index contributed by atoms with van der Waals surface area (Å²) in [5.74, 6) is 0.0659. The molecule has 2 atom stereocenters. The van der Waals surface area contributed by atoms with Crippen LogP contribution >= 0.6 is 0 Å². The summed E-state index contributed by atoms with van der Waals surface area (Å²) in [6, 6.07) is 1.03. The van der Waals surface area contributed by atoms with Gasteiger partial charge in [-0.1, -0.05) is 0 Å². The standard InChI is InChI=1S/C15H20F3NO4S2/c1-14(2,3)24(20)19(4)11-8-23-12-7-13(25(5,21)22)10(6-9(11)12)15(16,17)18/h6-7,11H,8H2,1-5H3. The average Bonchev–Trinajstić information content (AvgIpc) is 2.84. The van der Waals surface area contributed by atoms with Crippen molar-refractivity contribution in [2.75, 3.05) is 19.9 Å². The fourth-order valence-corrected chi connectivity index (χ4v) is 4.76. The highest BCUT2D eigenvalue weighted by Crippen LogP contribution is 2.44. The number of alkyl halides is 3. The van der Waals surface area contributed by atoms with E-state index in [4.69, 9.17) is 4.74 Å². The first kappa shape index (κ1) is 20.3. The van der Waals surface area contributed by atoms with Gasteiger partial charge in [0.2, 0.25) is 0 Å². The molecule has 0 spiro atoms. The normalized spacial score (nSPS) is 19.7. The molecule has 10 heteroatoms. The van der Waals surface area contributed by atoms with Crippen molar-refractivity contribution in [2.24, 2.45) is 0 Å². The average molecular weight is 399 g/mol.